The molecule has 0 saturated heterocycles. The van der Waals surface area contributed by atoms with Gasteiger partial charge in [0.1, 0.15) is 0 Å². The maximum absolute atomic E-state index is 10.4. The molecular formula is C18H31NO2. The topological polar surface area (TPSA) is 53.4 Å². The number of hydrogen-bond acceptors (Lipinski definition) is 3. The van der Waals surface area contributed by atoms with Crippen LogP contribution in [0.1, 0.15) is 88.1 Å². The van der Waals surface area contributed by atoms with Gasteiger partial charge in [0.05, 0.1) is 12.7 Å². The minimum Gasteiger partial charge on any atom is -0.392 e. The Morgan fingerprint density at radius 1 is 1.29 bits per heavy atom. The van der Waals surface area contributed by atoms with Crippen molar-refractivity contribution < 1.29 is 10.2 Å². The fraction of sp³-hybridized carbons (Fsp3) is 0.722. The van der Waals surface area contributed by atoms with E-state index in [-0.39, 0.29) is 17.9 Å². The van der Waals surface area contributed by atoms with Gasteiger partial charge in [-0.1, -0.05) is 41.5 Å². The molecule has 0 fully saturated rings. The minimum absolute atomic E-state index is 0.00423. The second-order valence-electron chi connectivity index (χ2n) is 6.83. The molecule has 0 saturated carbocycles. The van der Waals surface area contributed by atoms with Gasteiger partial charge in [-0.25, -0.2) is 0 Å². The van der Waals surface area contributed by atoms with Crippen LogP contribution in [0.15, 0.2) is 0 Å². The summed E-state index contributed by atoms with van der Waals surface area (Å²) in [6, 6.07) is 0. The quantitative estimate of drug-likeness (QED) is 0.865. The highest BCUT2D eigenvalue weighted by Crippen LogP contribution is 2.42. The number of pyridine rings is 1. The lowest BCUT2D eigenvalue weighted by atomic mass is 9.73. The normalized spacial score (nSPS) is 19.8. The molecule has 0 bridgehead atoms. The molecule has 0 radical (unpaired) electrons. The highest BCUT2D eigenvalue weighted by molar-refractivity contribution is 5.43. The van der Waals surface area contributed by atoms with Gasteiger partial charge < -0.3 is 10.2 Å². The highest BCUT2D eigenvalue weighted by atomic mass is 16.3. The molecule has 0 aliphatic heterocycles. The Morgan fingerprint density at radius 3 is 2.33 bits per heavy atom. The third-order valence-corrected chi connectivity index (χ3v) is 4.16. The van der Waals surface area contributed by atoms with Crippen molar-refractivity contribution >= 4 is 0 Å². The third-order valence-electron chi connectivity index (χ3n) is 4.16. The summed E-state index contributed by atoms with van der Waals surface area (Å²) in [6.07, 6.45) is 1.19. The average molecular weight is 293 g/mol. The summed E-state index contributed by atoms with van der Waals surface area (Å²) in [7, 11) is 0. The van der Waals surface area contributed by atoms with Crippen molar-refractivity contribution in [2.45, 2.75) is 79.9 Å². The number of rotatable bonds is 2. The number of aliphatic hydroxyl groups is 2. The standard InChI is InChI=1S/C16H25NO2.C2H6/c1-9(2)15-11(8-18)10(3)14-12(17-15)6-16(4,5)7-13(14)19;1-2/h9,13,18-19H,6-8H2,1-5H3;1-2H3. The lowest BCUT2D eigenvalue weighted by molar-refractivity contribution is 0.0970. The van der Waals surface area contributed by atoms with E-state index in [1.54, 1.807) is 0 Å². The molecule has 1 heterocycles. The molecule has 2 rings (SSSR count). The van der Waals surface area contributed by atoms with Gasteiger partial charge in [-0.05, 0) is 36.7 Å². The molecule has 1 aromatic heterocycles. The maximum Gasteiger partial charge on any atom is 0.0815 e. The zero-order valence-electron chi connectivity index (χ0n) is 14.6. The van der Waals surface area contributed by atoms with E-state index >= 15 is 0 Å². The summed E-state index contributed by atoms with van der Waals surface area (Å²) < 4.78 is 0. The van der Waals surface area contributed by atoms with Crippen LogP contribution in [0.25, 0.3) is 0 Å². The summed E-state index contributed by atoms with van der Waals surface area (Å²) in [5.41, 5.74) is 4.95. The molecule has 1 aliphatic carbocycles. The Kier molecular flexibility index (Phi) is 5.94. The van der Waals surface area contributed by atoms with Gasteiger partial charge in [0.2, 0.25) is 0 Å². The zero-order chi connectivity index (χ0) is 16.4. The van der Waals surface area contributed by atoms with Gasteiger partial charge in [0.25, 0.3) is 0 Å². The molecule has 0 amide bonds. The van der Waals surface area contributed by atoms with E-state index in [9.17, 15) is 10.2 Å². The first kappa shape index (κ1) is 18.1. The molecule has 1 aromatic rings. The van der Waals surface area contributed by atoms with E-state index in [2.05, 4.69) is 27.7 Å². The Bertz CT molecular complexity index is 492. The van der Waals surface area contributed by atoms with Crippen LogP contribution >= 0.6 is 0 Å². The van der Waals surface area contributed by atoms with Gasteiger partial charge in [-0.2, -0.15) is 0 Å². The Morgan fingerprint density at radius 2 is 1.86 bits per heavy atom. The van der Waals surface area contributed by atoms with Crippen molar-refractivity contribution in [3.8, 4) is 0 Å². The second kappa shape index (κ2) is 6.89. The lowest BCUT2D eigenvalue weighted by Crippen LogP contribution is -2.28. The average Bonchev–Trinajstić information content (AvgIpc) is 2.38. The molecule has 3 heteroatoms. The predicted molar refractivity (Wildman–Crippen MR) is 87.4 cm³/mol. The number of nitrogens with zero attached hydrogens (tertiary/aromatic N) is 1. The smallest absolute Gasteiger partial charge is 0.0815 e. The van der Waals surface area contributed by atoms with Crippen LogP contribution < -0.4 is 0 Å². The van der Waals surface area contributed by atoms with E-state index in [0.717, 1.165) is 40.9 Å². The van der Waals surface area contributed by atoms with Crippen LogP contribution in [0.4, 0.5) is 0 Å². The van der Waals surface area contributed by atoms with Crippen molar-refractivity contribution in [1.29, 1.82) is 0 Å². The van der Waals surface area contributed by atoms with Gasteiger partial charge in [0.15, 0.2) is 0 Å². The van der Waals surface area contributed by atoms with Gasteiger partial charge in [0, 0.05) is 22.5 Å². The third kappa shape index (κ3) is 3.64. The fourth-order valence-electron chi connectivity index (χ4n) is 3.25. The second-order valence-corrected chi connectivity index (χ2v) is 6.83. The molecule has 120 valence electrons. The van der Waals surface area contributed by atoms with E-state index in [1.165, 1.54) is 0 Å². The molecule has 21 heavy (non-hydrogen) atoms. The number of aromatic nitrogens is 1. The maximum atomic E-state index is 10.4. The summed E-state index contributed by atoms with van der Waals surface area (Å²) >= 11 is 0. The molecule has 1 unspecified atom stereocenters. The van der Waals surface area contributed by atoms with E-state index in [0.29, 0.717) is 0 Å². The van der Waals surface area contributed by atoms with Gasteiger partial charge in [-0.3, -0.25) is 4.98 Å². The van der Waals surface area contributed by atoms with Gasteiger partial charge in [-0.15, -0.1) is 0 Å². The molecule has 0 aromatic carbocycles. The molecule has 0 spiro atoms. The van der Waals surface area contributed by atoms with E-state index in [4.69, 9.17) is 4.98 Å². The predicted octanol–water partition coefficient (Wildman–Crippen LogP) is 4.04. The molecule has 1 aliphatic rings. The summed E-state index contributed by atoms with van der Waals surface area (Å²) in [6.45, 7) is 14.5. The largest absolute Gasteiger partial charge is 0.392 e. The summed E-state index contributed by atoms with van der Waals surface area (Å²) in [4.78, 5) is 4.77. The minimum atomic E-state index is -0.460. The Hall–Kier alpha value is -0.930. The lowest BCUT2D eigenvalue weighted by Gasteiger charge is -2.36. The number of fused-ring (bicyclic) bond motifs is 1. The SMILES string of the molecule is CC.Cc1c(CO)c(C(C)C)nc2c1C(O)CC(C)(C)C2. The van der Waals surface area contributed by atoms with Crippen molar-refractivity contribution in [2.24, 2.45) is 5.41 Å². The fourth-order valence-corrected chi connectivity index (χ4v) is 3.25. The Balaban J connectivity index is 0.00000106. The van der Waals surface area contributed by atoms with E-state index in [1.807, 2.05) is 20.8 Å². The van der Waals surface area contributed by atoms with Crippen LogP contribution in [0.5, 0.6) is 0 Å². The van der Waals surface area contributed by atoms with Crippen LogP contribution in [-0.2, 0) is 13.0 Å². The van der Waals surface area contributed by atoms with Crippen LogP contribution in [-0.4, -0.2) is 15.2 Å². The Labute approximate surface area is 129 Å². The van der Waals surface area contributed by atoms with Crippen molar-refractivity contribution in [2.75, 3.05) is 0 Å². The van der Waals surface area contributed by atoms with E-state index < -0.39 is 6.10 Å². The van der Waals surface area contributed by atoms with Crippen LogP contribution in [0.2, 0.25) is 0 Å². The summed E-state index contributed by atoms with van der Waals surface area (Å²) in [5, 5.41) is 20.0. The van der Waals surface area contributed by atoms with Crippen molar-refractivity contribution in [1.82, 2.24) is 4.98 Å². The van der Waals surface area contributed by atoms with Crippen molar-refractivity contribution in [3.05, 3.63) is 28.1 Å². The first-order valence-corrected chi connectivity index (χ1v) is 8.08. The van der Waals surface area contributed by atoms with Crippen LogP contribution in [0.3, 0.4) is 0 Å². The highest BCUT2D eigenvalue weighted by Gasteiger charge is 2.34. The molecular weight excluding hydrogens is 262 g/mol. The van der Waals surface area contributed by atoms with Crippen LogP contribution in [0, 0.1) is 12.3 Å². The zero-order valence-corrected chi connectivity index (χ0v) is 14.6. The van der Waals surface area contributed by atoms with Gasteiger partial charge >= 0.3 is 0 Å². The summed E-state index contributed by atoms with van der Waals surface area (Å²) in [5.74, 6) is 0.285. The van der Waals surface area contributed by atoms with Crippen molar-refractivity contribution in [3.63, 3.8) is 0 Å². The molecule has 1 atom stereocenters. The molecule has 2 N–H and O–H groups in total. The first-order chi connectivity index (χ1) is 9.76. The monoisotopic (exact) mass is 293 g/mol. The number of aliphatic hydroxyl groups excluding tert-OH is 2. The number of hydrogen-bond donors (Lipinski definition) is 2. The molecule has 3 nitrogen and oxygen atoms in total. The first-order valence-electron chi connectivity index (χ1n) is 8.08.